The summed E-state index contributed by atoms with van der Waals surface area (Å²) in [6.45, 7) is 7.71. The van der Waals surface area contributed by atoms with Crippen LogP contribution in [0.5, 0.6) is 0 Å². The summed E-state index contributed by atoms with van der Waals surface area (Å²) in [5.74, 6) is 0.610. The maximum Gasteiger partial charge on any atom is 0.251 e. The van der Waals surface area contributed by atoms with E-state index in [4.69, 9.17) is 0 Å². The van der Waals surface area contributed by atoms with Crippen LogP contribution >= 0.6 is 0 Å². The molecule has 112 valence electrons. The third kappa shape index (κ3) is 3.09. The Hall–Kier alpha value is -2.24. The molecule has 0 aliphatic rings. The number of hydrogen-bond acceptors (Lipinski definition) is 4. The van der Waals surface area contributed by atoms with Gasteiger partial charge in [-0.05, 0) is 33.8 Å². The summed E-state index contributed by atoms with van der Waals surface area (Å²) in [5.41, 5.74) is 4.49. The van der Waals surface area contributed by atoms with Gasteiger partial charge in [0.25, 0.3) is 5.95 Å². The summed E-state index contributed by atoms with van der Waals surface area (Å²) in [6.07, 6.45) is 0.343. The molecule has 0 saturated heterocycles. The second kappa shape index (κ2) is 5.63. The lowest BCUT2D eigenvalue weighted by molar-refractivity contribution is -0.127. The van der Waals surface area contributed by atoms with E-state index in [0.29, 0.717) is 12.4 Å². The number of aromatic nitrogens is 4. The monoisotopic (exact) mass is 287 g/mol. The molecular formula is C15H21N5O. The van der Waals surface area contributed by atoms with Gasteiger partial charge < -0.3 is 4.90 Å². The van der Waals surface area contributed by atoms with Crippen LogP contribution in [0.1, 0.15) is 28.3 Å². The highest BCUT2D eigenvalue weighted by Gasteiger charge is 2.18. The van der Waals surface area contributed by atoms with Crippen molar-refractivity contribution in [3.63, 3.8) is 0 Å². The number of hydrogen-bond donors (Lipinski definition) is 0. The van der Waals surface area contributed by atoms with Crippen molar-refractivity contribution >= 4 is 5.91 Å². The molecule has 0 aliphatic heterocycles. The quantitative estimate of drug-likeness (QED) is 0.858. The van der Waals surface area contributed by atoms with Gasteiger partial charge in [-0.25, -0.2) is 14.6 Å². The van der Waals surface area contributed by atoms with Crippen molar-refractivity contribution in [2.75, 3.05) is 14.1 Å². The topological polar surface area (TPSA) is 63.9 Å². The first-order valence-corrected chi connectivity index (χ1v) is 6.87. The third-order valence-electron chi connectivity index (χ3n) is 3.43. The Morgan fingerprint density at radius 1 is 1.14 bits per heavy atom. The van der Waals surface area contributed by atoms with Gasteiger partial charge in [-0.3, -0.25) is 4.79 Å². The first kappa shape index (κ1) is 15.2. The largest absolute Gasteiger partial charge is 0.349 e. The zero-order chi connectivity index (χ0) is 15.7. The molecule has 2 heterocycles. The SMILES string of the molecule is Cc1cc(C)nc(-n2nc(C)c(CC(=O)N(C)C)c2C)n1. The van der Waals surface area contributed by atoms with Gasteiger partial charge in [-0.15, -0.1) is 0 Å². The van der Waals surface area contributed by atoms with E-state index in [0.717, 1.165) is 28.3 Å². The van der Waals surface area contributed by atoms with Crippen LogP contribution in [0.3, 0.4) is 0 Å². The van der Waals surface area contributed by atoms with Gasteiger partial charge in [0.2, 0.25) is 5.91 Å². The maximum atomic E-state index is 11.9. The minimum absolute atomic E-state index is 0.0575. The van der Waals surface area contributed by atoms with E-state index in [2.05, 4.69) is 15.1 Å². The van der Waals surface area contributed by atoms with E-state index in [1.807, 2.05) is 33.8 Å². The Labute approximate surface area is 124 Å². The molecule has 0 radical (unpaired) electrons. The van der Waals surface area contributed by atoms with Crippen molar-refractivity contribution in [1.29, 1.82) is 0 Å². The average molecular weight is 287 g/mol. The summed E-state index contributed by atoms with van der Waals surface area (Å²) in [6, 6.07) is 1.92. The van der Waals surface area contributed by atoms with Crippen LogP contribution in [0, 0.1) is 27.7 Å². The fraction of sp³-hybridized carbons (Fsp3) is 0.467. The van der Waals surface area contributed by atoms with Crippen molar-refractivity contribution in [3.05, 3.63) is 34.4 Å². The van der Waals surface area contributed by atoms with Crippen molar-refractivity contribution in [2.45, 2.75) is 34.1 Å². The number of rotatable bonds is 3. The van der Waals surface area contributed by atoms with Crippen LogP contribution in [0.25, 0.3) is 5.95 Å². The van der Waals surface area contributed by atoms with Crippen LogP contribution in [0.4, 0.5) is 0 Å². The molecule has 2 aromatic rings. The predicted molar refractivity (Wildman–Crippen MR) is 80.5 cm³/mol. The standard InChI is InChI=1S/C15H21N5O/c1-9-7-10(2)17-15(16-9)20-12(4)13(11(3)18-20)8-14(21)19(5)6/h7H,8H2,1-6H3. The highest BCUT2D eigenvalue weighted by molar-refractivity contribution is 5.78. The van der Waals surface area contributed by atoms with E-state index in [1.54, 1.807) is 23.7 Å². The van der Waals surface area contributed by atoms with Crippen molar-refractivity contribution in [1.82, 2.24) is 24.6 Å². The number of carbonyl (C=O) groups excluding carboxylic acids is 1. The molecule has 0 spiro atoms. The number of carbonyl (C=O) groups is 1. The number of likely N-dealkylation sites (N-methyl/N-ethyl adjacent to an activating group) is 1. The Kier molecular flexibility index (Phi) is 4.06. The van der Waals surface area contributed by atoms with Crippen LogP contribution in [-0.4, -0.2) is 44.7 Å². The number of nitrogens with zero attached hydrogens (tertiary/aromatic N) is 5. The van der Waals surface area contributed by atoms with Gasteiger partial charge in [0.15, 0.2) is 0 Å². The molecular weight excluding hydrogens is 266 g/mol. The fourth-order valence-electron chi connectivity index (χ4n) is 2.24. The summed E-state index contributed by atoms with van der Waals surface area (Å²) >= 11 is 0. The fourth-order valence-corrected chi connectivity index (χ4v) is 2.24. The summed E-state index contributed by atoms with van der Waals surface area (Å²) < 4.78 is 1.72. The zero-order valence-electron chi connectivity index (χ0n) is 13.4. The lowest BCUT2D eigenvalue weighted by atomic mass is 10.1. The van der Waals surface area contributed by atoms with E-state index in [-0.39, 0.29) is 5.91 Å². The summed E-state index contributed by atoms with van der Waals surface area (Å²) in [7, 11) is 3.51. The summed E-state index contributed by atoms with van der Waals surface area (Å²) in [4.78, 5) is 22.4. The molecule has 0 fully saturated rings. The maximum absolute atomic E-state index is 11.9. The van der Waals surface area contributed by atoms with E-state index in [1.165, 1.54) is 0 Å². The van der Waals surface area contributed by atoms with Gasteiger partial charge in [0, 0.05) is 36.7 Å². The molecule has 1 amide bonds. The van der Waals surface area contributed by atoms with E-state index >= 15 is 0 Å². The third-order valence-corrected chi connectivity index (χ3v) is 3.43. The molecule has 0 unspecified atom stereocenters. The lowest BCUT2D eigenvalue weighted by Gasteiger charge is -2.10. The zero-order valence-corrected chi connectivity index (χ0v) is 13.4. The van der Waals surface area contributed by atoms with Gasteiger partial charge in [0.1, 0.15) is 0 Å². The number of aryl methyl sites for hydroxylation is 3. The molecule has 2 rings (SSSR count). The molecule has 21 heavy (non-hydrogen) atoms. The Balaban J connectivity index is 2.45. The van der Waals surface area contributed by atoms with Crippen LogP contribution in [-0.2, 0) is 11.2 Å². The lowest BCUT2D eigenvalue weighted by Crippen LogP contribution is -2.24. The van der Waals surface area contributed by atoms with Gasteiger partial charge in [0.05, 0.1) is 12.1 Å². The van der Waals surface area contributed by atoms with Crippen LogP contribution in [0.15, 0.2) is 6.07 Å². The summed E-state index contributed by atoms with van der Waals surface area (Å²) in [5, 5.41) is 4.50. The highest BCUT2D eigenvalue weighted by Crippen LogP contribution is 2.17. The van der Waals surface area contributed by atoms with E-state index < -0.39 is 0 Å². The Morgan fingerprint density at radius 2 is 1.71 bits per heavy atom. The van der Waals surface area contributed by atoms with Gasteiger partial charge in [-0.1, -0.05) is 0 Å². The predicted octanol–water partition coefficient (Wildman–Crippen LogP) is 1.53. The first-order valence-electron chi connectivity index (χ1n) is 6.87. The Morgan fingerprint density at radius 3 is 2.24 bits per heavy atom. The van der Waals surface area contributed by atoms with Crippen molar-refractivity contribution < 1.29 is 4.79 Å². The molecule has 2 aromatic heterocycles. The minimum Gasteiger partial charge on any atom is -0.349 e. The number of amides is 1. The van der Waals surface area contributed by atoms with Crippen molar-refractivity contribution in [2.24, 2.45) is 0 Å². The highest BCUT2D eigenvalue weighted by atomic mass is 16.2. The van der Waals surface area contributed by atoms with Crippen LogP contribution < -0.4 is 0 Å². The smallest absolute Gasteiger partial charge is 0.251 e. The molecule has 0 bridgehead atoms. The second-order valence-corrected chi connectivity index (χ2v) is 5.48. The van der Waals surface area contributed by atoms with Gasteiger partial charge in [-0.2, -0.15) is 5.10 Å². The first-order chi connectivity index (χ1) is 9.79. The molecule has 6 nitrogen and oxygen atoms in total. The van der Waals surface area contributed by atoms with Crippen molar-refractivity contribution in [3.8, 4) is 5.95 Å². The Bertz CT molecular complexity index is 667. The second-order valence-electron chi connectivity index (χ2n) is 5.48. The van der Waals surface area contributed by atoms with Crippen LogP contribution in [0.2, 0.25) is 0 Å². The molecule has 0 saturated carbocycles. The van der Waals surface area contributed by atoms with E-state index in [9.17, 15) is 4.79 Å². The average Bonchev–Trinajstić information content (AvgIpc) is 2.65. The molecule has 0 atom stereocenters. The minimum atomic E-state index is 0.0575. The molecule has 0 aromatic carbocycles. The molecule has 0 aliphatic carbocycles. The normalized spacial score (nSPS) is 10.8. The molecule has 6 heteroatoms. The van der Waals surface area contributed by atoms with Gasteiger partial charge >= 0.3 is 0 Å². The molecule has 0 N–H and O–H groups in total.